The maximum Gasteiger partial charge on any atom is 0.232 e. The summed E-state index contributed by atoms with van der Waals surface area (Å²) in [6.07, 6.45) is 0.618. The molecular weight excluding hydrogens is 508 g/mol. The number of rotatable bonds is 8. The lowest BCUT2D eigenvalue weighted by Gasteiger charge is -2.33. The molecule has 0 radical (unpaired) electrons. The predicted octanol–water partition coefficient (Wildman–Crippen LogP) is 3.10. The summed E-state index contributed by atoms with van der Waals surface area (Å²) in [7, 11) is 1.74. The zero-order valence-electron chi connectivity index (χ0n) is 20.3. The van der Waals surface area contributed by atoms with Gasteiger partial charge < -0.3 is 15.1 Å². The quantitative estimate of drug-likeness (QED) is 0.368. The molecule has 1 fully saturated rings. The van der Waals surface area contributed by atoms with Crippen molar-refractivity contribution in [2.75, 3.05) is 53.2 Å². The number of carbonyl (C=O) groups is 2. The molecule has 190 valence electrons. The first-order chi connectivity index (χ1) is 18.0. The van der Waals surface area contributed by atoms with Gasteiger partial charge in [0.05, 0.1) is 12.8 Å². The Morgan fingerprint density at radius 1 is 0.784 bits per heavy atom. The molecule has 2 aromatic carbocycles. The summed E-state index contributed by atoms with van der Waals surface area (Å²) in [5.41, 5.74) is 1.92. The molecule has 0 bridgehead atoms. The van der Waals surface area contributed by atoms with Gasteiger partial charge in [0.25, 0.3) is 0 Å². The summed E-state index contributed by atoms with van der Waals surface area (Å²) < 4.78 is 0. The van der Waals surface area contributed by atoms with Crippen molar-refractivity contribution in [2.45, 2.75) is 12.8 Å². The summed E-state index contributed by atoms with van der Waals surface area (Å²) in [4.78, 5) is 30.9. The zero-order chi connectivity index (χ0) is 25.6. The third-order valence-corrected chi connectivity index (χ3v) is 7.91. The molecule has 1 saturated heterocycles. The van der Waals surface area contributed by atoms with Gasteiger partial charge in [-0.1, -0.05) is 83.3 Å². The highest BCUT2D eigenvalue weighted by molar-refractivity contribution is 7.19. The number of hydrogen-bond donors (Lipinski definition) is 1. The van der Waals surface area contributed by atoms with Gasteiger partial charge >= 0.3 is 0 Å². The molecule has 2 aromatic heterocycles. The van der Waals surface area contributed by atoms with E-state index in [0.717, 1.165) is 47.6 Å². The fourth-order valence-corrected chi connectivity index (χ4v) is 5.58. The van der Waals surface area contributed by atoms with Crippen molar-refractivity contribution in [1.29, 1.82) is 0 Å². The van der Waals surface area contributed by atoms with Gasteiger partial charge in [-0.2, -0.15) is 0 Å². The van der Waals surface area contributed by atoms with Crippen molar-refractivity contribution in [1.82, 2.24) is 20.4 Å². The van der Waals surface area contributed by atoms with E-state index in [-0.39, 0.29) is 11.8 Å². The van der Waals surface area contributed by atoms with E-state index in [4.69, 9.17) is 0 Å². The highest BCUT2D eigenvalue weighted by atomic mass is 32.1. The normalized spacial score (nSPS) is 13.4. The monoisotopic (exact) mass is 534 g/mol. The van der Waals surface area contributed by atoms with Crippen molar-refractivity contribution in [3.05, 3.63) is 71.8 Å². The molecule has 5 rings (SSSR count). The van der Waals surface area contributed by atoms with E-state index >= 15 is 0 Å². The number of likely N-dealkylation sites (N-methyl/N-ethyl adjacent to an activating group) is 1. The average Bonchev–Trinajstić information content (AvgIpc) is 3.60. The standard InChI is InChI=1S/C25H26N8O2S2/c1-31(21(35)17-19-10-6-3-7-11-19)23-28-30-25(37-23)33-14-12-32(13-15-33)24-29-27-22(36-24)26-20(34)16-18-8-4-2-5-9-18/h2-11H,12-17H2,1H3,(H,26,27,34). The van der Waals surface area contributed by atoms with Gasteiger partial charge in [0.15, 0.2) is 0 Å². The lowest BCUT2D eigenvalue weighted by atomic mass is 10.1. The summed E-state index contributed by atoms with van der Waals surface area (Å²) in [5, 5.41) is 22.5. The highest BCUT2D eigenvalue weighted by Crippen LogP contribution is 2.30. The van der Waals surface area contributed by atoms with Crippen LogP contribution in [0.15, 0.2) is 60.7 Å². The minimum atomic E-state index is -0.113. The van der Waals surface area contributed by atoms with Crippen molar-refractivity contribution in [3.63, 3.8) is 0 Å². The van der Waals surface area contributed by atoms with Gasteiger partial charge in [0, 0.05) is 33.2 Å². The van der Waals surface area contributed by atoms with Gasteiger partial charge in [0.1, 0.15) is 0 Å². The first-order valence-corrected chi connectivity index (χ1v) is 13.5. The molecule has 12 heteroatoms. The van der Waals surface area contributed by atoms with Crippen molar-refractivity contribution in [3.8, 4) is 0 Å². The first-order valence-electron chi connectivity index (χ1n) is 11.9. The third-order valence-electron chi connectivity index (χ3n) is 5.95. The van der Waals surface area contributed by atoms with Gasteiger partial charge in [0.2, 0.25) is 32.3 Å². The Morgan fingerprint density at radius 2 is 1.32 bits per heavy atom. The van der Waals surface area contributed by atoms with Crippen LogP contribution in [0.25, 0.3) is 0 Å². The molecule has 3 heterocycles. The van der Waals surface area contributed by atoms with Crippen molar-refractivity contribution in [2.24, 2.45) is 0 Å². The summed E-state index contributed by atoms with van der Waals surface area (Å²) in [6.45, 7) is 2.96. The number of amides is 2. The van der Waals surface area contributed by atoms with E-state index in [0.29, 0.717) is 23.1 Å². The number of aromatic nitrogens is 4. The topological polar surface area (TPSA) is 107 Å². The Hall–Kier alpha value is -3.90. The van der Waals surface area contributed by atoms with Gasteiger partial charge in [-0.05, 0) is 11.1 Å². The molecular formula is C25H26N8O2S2. The second kappa shape index (κ2) is 11.4. The number of nitrogens with zero attached hydrogens (tertiary/aromatic N) is 7. The number of carbonyl (C=O) groups excluding carboxylic acids is 2. The average molecular weight is 535 g/mol. The van der Waals surface area contributed by atoms with Crippen LogP contribution in [-0.2, 0) is 22.4 Å². The molecule has 0 unspecified atom stereocenters. The number of anilines is 4. The van der Waals surface area contributed by atoms with Crippen molar-refractivity contribution >= 4 is 55.0 Å². The molecule has 0 spiro atoms. The Bertz CT molecular complexity index is 1340. The molecule has 0 saturated carbocycles. The molecule has 1 aliphatic rings. The van der Waals surface area contributed by atoms with Crippen LogP contribution in [0.3, 0.4) is 0 Å². The smallest absolute Gasteiger partial charge is 0.232 e. The maximum absolute atomic E-state index is 12.7. The Morgan fingerprint density at radius 3 is 1.95 bits per heavy atom. The Kier molecular flexibility index (Phi) is 7.66. The van der Waals surface area contributed by atoms with Gasteiger partial charge in [-0.15, -0.1) is 20.4 Å². The van der Waals surface area contributed by atoms with Crippen LogP contribution in [0.1, 0.15) is 11.1 Å². The number of piperazine rings is 1. The van der Waals surface area contributed by atoms with E-state index in [1.807, 2.05) is 60.7 Å². The van der Waals surface area contributed by atoms with Crippen LogP contribution in [-0.4, -0.2) is 65.4 Å². The van der Waals surface area contributed by atoms with Crippen LogP contribution >= 0.6 is 22.7 Å². The highest BCUT2D eigenvalue weighted by Gasteiger charge is 2.24. The second-order valence-electron chi connectivity index (χ2n) is 8.56. The zero-order valence-corrected chi connectivity index (χ0v) is 21.9. The van der Waals surface area contributed by atoms with Crippen LogP contribution in [0.4, 0.5) is 20.5 Å². The molecule has 0 aliphatic carbocycles. The van der Waals surface area contributed by atoms with Gasteiger partial charge in [-0.25, -0.2) is 0 Å². The molecule has 2 amide bonds. The largest absolute Gasteiger partial charge is 0.343 e. The summed E-state index contributed by atoms with van der Waals surface area (Å²) in [6, 6.07) is 19.3. The predicted molar refractivity (Wildman–Crippen MR) is 147 cm³/mol. The van der Waals surface area contributed by atoms with E-state index < -0.39 is 0 Å². The lowest BCUT2D eigenvalue weighted by molar-refractivity contribution is -0.118. The first kappa shape index (κ1) is 24.8. The Labute approximate surface area is 222 Å². The summed E-state index contributed by atoms with van der Waals surface area (Å²) in [5.74, 6) is -0.139. The van der Waals surface area contributed by atoms with E-state index in [2.05, 4.69) is 35.5 Å². The molecule has 4 aromatic rings. The molecule has 1 aliphatic heterocycles. The SMILES string of the molecule is CN(C(=O)Cc1ccccc1)c1nnc(N2CCN(c3nnc(NC(=O)Cc4ccccc4)s3)CC2)s1. The fourth-order valence-electron chi connectivity index (χ4n) is 3.89. The van der Waals surface area contributed by atoms with Crippen LogP contribution in [0.2, 0.25) is 0 Å². The van der Waals surface area contributed by atoms with Crippen LogP contribution in [0.5, 0.6) is 0 Å². The van der Waals surface area contributed by atoms with Crippen LogP contribution < -0.4 is 20.0 Å². The van der Waals surface area contributed by atoms with E-state index in [1.165, 1.54) is 22.7 Å². The minimum absolute atomic E-state index is 0.0262. The van der Waals surface area contributed by atoms with Gasteiger partial charge in [-0.3, -0.25) is 14.5 Å². The number of nitrogens with one attached hydrogen (secondary N) is 1. The lowest BCUT2D eigenvalue weighted by Crippen LogP contribution is -2.46. The summed E-state index contributed by atoms with van der Waals surface area (Å²) >= 11 is 2.78. The molecule has 0 atom stereocenters. The fraction of sp³-hybridized carbons (Fsp3) is 0.280. The van der Waals surface area contributed by atoms with E-state index in [9.17, 15) is 9.59 Å². The number of benzene rings is 2. The van der Waals surface area contributed by atoms with E-state index in [1.54, 1.807) is 11.9 Å². The van der Waals surface area contributed by atoms with Crippen LogP contribution in [0, 0.1) is 0 Å². The Balaban J connectivity index is 1.12. The number of hydrogen-bond acceptors (Lipinski definition) is 10. The molecule has 37 heavy (non-hydrogen) atoms. The minimum Gasteiger partial charge on any atom is -0.343 e. The molecule has 1 N–H and O–H groups in total. The van der Waals surface area contributed by atoms with Crippen molar-refractivity contribution < 1.29 is 9.59 Å². The maximum atomic E-state index is 12.7. The second-order valence-corrected chi connectivity index (χ2v) is 10.4. The molecule has 10 nitrogen and oxygen atoms in total. The third kappa shape index (κ3) is 6.27.